The van der Waals surface area contributed by atoms with Crippen LogP contribution in [0.15, 0.2) is 24.3 Å². The van der Waals surface area contributed by atoms with Crippen LogP contribution in [-0.4, -0.2) is 29.3 Å². The summed E-state index contributed by atoms with van der Waals surface area (Å²) >= 11 is 0. The highest BCUT2D eigenvalue weighted by atomic mass is 16.6. The molecule has 0 aliphatic carbocycles. The third kappa shape index (κ3) is 5.25. The summed E-state index contributed by atoms with van der Waals surface area (Å²) in [6, 6.07) is 7.83. The zero-order chi connectivity index (χ0) is 17.0. The Labute approximate surface area is 136 Å². The van der Waals surface area contributed by atoms with Gasteiger partial charge in [-0.15, -0.1) is 0 Å². The first-order valence-electron chi connectivity index (χ1n) is 7.76. The van der Waals surface area contributed by atoms with E-state index in [1.165, 1.54) is 0 Å². The van der Waals surface area contributed by atoms with Gasteiger partial charge in [-0.2, -0.15) is 0 Å². The molecule has 0 saturated carbocycles. The summed E-state index contributed by atoms with van der Waals surface area (Å²) in [5.74, 6) is -1.11. The predicted octanol–water partition coefficient (Wildman–Crippen LogP) is 2.45. The Balaban J connectivity index is 1.93. The van der Waals surface area contributed by atoms with Gasteiger partial charge in [0, 0.05) is 19.1 Å². The molecule has 3 N–H and O–H groups in total. The highest BCUT2D eigenvalue weighted by Gasteiger charge is 2.30. The number of carbonyl (C=O) groups excluding carboxylic acids is 1. The van der Waals surface area contributed by atoms with Crippen molar-refractivity contribution in [3.05, 3.63) is 35.4 Å². The van der Waals surface area contributed by atoms with E-state index in [0.717, 1.165) is 11.1 Å². The van der Waals surface area contributed by atoms with Crippen LogP contribution in [0.3, 0.4) is 0 Å². The van der Waals surface area contributed by atoms with E-state index in [1.54, 1.807) is 0 Å². The summed E-state index contributed by atoms with van der Waals surface area (Å²) in [7, 11) is 0. The number of nitrogens with one attached hydrogen (secondary N) is 2. The highest BCUT2D eigenvalue weighted by Crippen LogP contribution is 2.27. The highest BCUT2D eigenvalue weighted by molar-refractivity contribution is 5.71. The van der Waals surface area contributed by atoms with Crippen LogP contribution in [0.4, 0.5) is 4.79 Å². The second kappa shape index (κ2) is 7.00. The fourth-order valence-electron chi connectivity index (χ4n) is 2.59. The number of hydrogen-bond acceptors (Lipinski definition) is 4. The smallest absolute Gasteiger partial charge is 0.407 e. The lowest BCUT2D eigenvalue weighted by atomic mass is 9.98. The molecule has 0 aromatic heterocycles. The van der Waals surface area contributed by atoms with E-state index < -0.39 is 17.7 Å². The van der Waals surface area contributed by atoms with Crippen molar-refractivity contribution >= 4 is 12.1 Å². The van der Waals surface area contributed by atoms with Crippen molar-refractivity contribution in [2.75, 3.05) is 6.54 Å². The molecule has 0 spiro atoms. The van der Waals surface area contributed by atoms with Crippen molar-refractivity contribution in [3.8, 4) is 0 Å². The van der Waals surface area contributed by atoms with Gasteiger partial charge in [0.25, 0.3) is 0 Å². The first-order valence-corrected chi connectivity index (χ1v) is 7.76. The number of carbonyl (C=O) groups is 2. The lowest BCUT2D eigenvalue weighted by molar-refractivity contribution is -0.141. The molecule has 1 aliphatic heterocycles. The van der Waals surface area contributed by atoms with E-state index in [2.05, 4.69) is 10.6 Å². The van der Waals surface area contributed by atoms with Gasteiger partial charge in [-0.1, -0.05) is 24.3 Å². The lowest BCUT2D eigenvalue weighted by Gasteiger charge is -2.20. The molecule has 1 fully saturated rings. The summed E-state index contributed by atoms with van der Waals surface area (Å²) in [5, 5.41) is 15.0. The van der Waals surface area contributed by atoms with Gasteiger partial charge in [0.15, 0.2) is 0 Å². The molecule has 0 radical (unpaired) electrons. The van der Waals surface area contributed by atoms with E-state index in [4.69, 9.17) is 9.84 Å². The molecule has 2 atom stereocenters. The molecule has 0 bridgehead atoms. The second-order valence-electron chi connectivity index (χ2n) is 6.83. The quantitative estimate of drug-likeness (QED) is 0.793. The largest absolute Gasteiger partial charge is 0.481 e. The first kappa shape index (κ1) is 17.3. The number of alkyl carbamates (subject to hydrolysis) is 1. The molecule has 1 aromatic carbocycles. The summed E-state index contributed by atoms with van der Waals surface area (Å²) < 4.78 is 5.20. The predicted molar refractivity (Wildman–Crippen MR) is 86.0 cm³/mol. The Morgan fingerprint density at radius 3 is 2.74 bits per heavy atom. The SMILES string of the molecule is CC(C)(C)OC(=O)NCc1cccc(C2CC(C(=O)O)CN2)c1. The van der Waals surface area contributed by atoms with Crippen LogP contribution in [0, 0.1) is 5.92 Å². The van der Waals surface area contributed by atoms with E-state index in [0.29, 0.717) is 19.5 Å². The number of hydrogen-bond donors (Lipinski definition) is 3. The summed E-state index contributed by atoms with van der Waals surface area (Å²) in [5.41, 5.74) is 1.47. The molecule has 23 heavy (non-hydrogen) atoms. The van der Waals surface area contributed by atoms with Crippen LogP contribution in [0.2, 0.25) is 0 Å². The third-order valence-corrected chi connectivity index (χ3v) is 3.67. The molecule has 1 saturated heterocycles. The summed E-state index contributed by atoms with van der Waals surface area (Å²) in [4.78, 5) is 22.7. The fraction of sp³-hybridized carbons (Fsp3) is 0.529. The normalized spacial score (nSPS) is 21.0. The lowest BCUT2D eigenvalue weighted by Crippen LogP contribution is -2.32. The van der Waals surface area contributed by atoms with Gasteiger partial charge in [-0.05, 0) is 38.3 Å². The molecule has 2 unspecified atom stereocenters. The van der Waals surface area contributed by atoms with E-state index >= 15 is 0 Å². The van der Waals surface area contributed by atoms with Crippen LogP contribution in [0.1, 0.15) is 44.4 Å². The molecule has 1 amide bonds. The van der Waals surface area contributed by atoms with Crippen molar-refractivity contribution in [3.63, 3.8) is 0 Å². The number of amides is 1. The van der Waals surface area contributed by atoms with Crippen LogP contribution in [-0.2, 0) is 16.1 Å². The van der Waals surface area contributed by atoms with Crippen molar-refractivity contribution in [1.29, 1.82) is 0 Å². The number of ether oxygens (including phenoxy) is 1. The van der Waals surface area contributed by atoms with Crippen molar-refractivity contribution in [1.82, 2.24) is 10.6 Å². The average Bonchev–Trinajstić information content (AvgIpc) is 2.94. The Morgan fingerprint density at radius 1 is 1.39 bits per heavy atom. The van der Waals surface area contributed by atoms with Gasteiger partial charge in [-0.25, -0.2) is 4.79 Å². The van der Waals surface area contributed by atoms with Gasteiger partial charge < -0.3 is 20.5 Å². The van der Waals surface area contributed by atoms with Crippen LogP contribution < -0.4 is 10.6 Å². The zero-order valence-electron chi connectivity index (χ0n) is 13.8. The number of rotatable bonds is 4. The van der Waals surface area contributed by atoms with Crippen LogP contribution >= 0.6 is 0 Å². The van der Waals surface area contributed by atoms with Crippen LogP contribution in [0.5, 0.6) is 0 Å². The maximum Gasteiger partial charge on any atom is 0.407 e. The number of carboxylic acids is 1. The number of carboxylic acid groups (broad SMARTS) is 1. The molecule has 126 valence electrons. The van der Waals surface area contributed by atoms with Crippen LogP contribution in [0.25, 0.3) is 0 Å². The van der Waals surface area contributed by atoms with Crippen molar-refractivity contribution < 1.29 is 19.4 Å². The van der Waals surface area contributed by atoms with Gasteiger partial charge in [0.2, 0.25) is 0 Å². The topological polar surface area (TPSA) is 87.7 Å². The van der Waals surface area contributed by atoms with E-state index in [-0.39, 0.29) is 12.0 Å². The Bertz CT molecular complexity index is 580. The maximum absolute atomic E-state index is 11.7. The number of aliphatic carboxylic acids is 1. The standard InChI is InChI=1S/C17H24N2O4/c1-17(2,3)23-16(22)19-9-11-5-4-6-12(7-11)14-8-13(10-18-14)15(20)21/h4-7,13-14,18H,8-10H2,1-3H3,(H,19,22)(H,20,21). The fourth-order valence-corrected chi connectivity index (χ4v) is 2.59. The second-order valence-corrected chi connectivity index (χ2v) is 6.83. The van der Waals surface area contributed by atoms with Crippen molar-refractivity contribution in [2.24, 2.45) is 5.92 Å². The van der Waals surface area contributed by atoms with E-state index in [1.807, 2.05) is 45.0 Å². The van der Waals surface area contributed by atoms with Gasteiger partial charge in [0.1, 0.15) is 5.60 Å². The Kier molecular flexibility index (Phi) is 5.26. The first-order chi connectivity index (χ1) is 10.7. The minimum absolute atomic E-state index is 0.0394. The molecule has 2 rings (SSSR count). The van der Waals surface area contributed by atoms with E-state index in [9.17, 15) is 9.59 Å². The van der Waals surface area contributed by atoms with Gasteiger partial charge in [-0.3, -0.25) is 4.79 Å². The number of benzene rings is 1. The minimum atomic E-state index is -0.761. The third-order valence-electron chi connectivity index (χ3n) is 3.67. The Morgan fingerprint density at radius 2 is 2.13 bits per heavy atom. The summed E-state index contributed by atoms with van der Waals surface area (Å²) in [6.07, 6.45) is 0.131. The molecule has 1 aliphatic rings. The molecular formula is C17H24N2O4. The molecular weight excluding hydrogens is 296 g/mol. The molecule has 6 heteroatoms. The zero-order valence-corrected chi connectivity index (χ0v) is 13.8. The average molecular weight is 320 g/mol. The van der Waals surface area contributed by atoms with Gasteiger partial charge >= 0.3 is 12.1 Å². The minimum Gasteiger partial charge on any atom is -0.481 e. The molecule has 1 aromatic rings. The Hall–Kier alpha value is -2.08. The van der Waals surface area contributed by atoms with Gasteiger partial charge in [0.05, 0.1) is 5.92 Å². The molecule has 6 nitrogen and oxygen atoms in total. The summed E-state index contributed by atoms with van der Waals surface area (Å²) in [6.45, 7) is 6.31. The van der Waals surface area contributed by atoms with Crippen molar-refractivity contribution in [2.45, 2.75) is 45.4 Å². The molecule has 1 heterocycles. The monoisotopic (exact) mass is 320 g/mol. The maximum atomic E-state index is 11.7.